The van der Waals surface area contributed by atoms with Crippen LogP contribution in [-0.2, 0) is 9.53 Å². The van der Waals surface area contributed by atoms with E-state index in [9.17, 15) is 4.79 Å². The standard InChI is InChI=1S/C13H19ClO2/c1-12-5-4-9(13(2,8-12)16-3)6-11(15)10(12)7-14/h4-5,9-10H,6-8H2,1-3H3/t9-,10-,12-,13+/m1/s1. The number of ether oxygens (including phenoxy) is 1. The Labute approximate surface area is 102 Å². The highest BCUT2D eigenvalue weighted by molar-refractivity contribution is 6.19. The Bertz CT molecular complexity index is 339. The van der Waals surface area contributed by atoms with Crippen LogP contribution in [0.5, 0.6) is 0 Å². The van der Waals surface area contributed by atoms with Gasteiger partial charge in [-0.3, -0.25) is 4.79 Å². The predicted octanol–water partition coefficient (Wildman–Crippen LogP) is 2.80. The third-order valence-corrected chi connectivity index (χ3v) is 4.76. The first kappa shape index (κ1) is 12.1. The second-order valence-electron chi connectivity index (χ2n) is 5.54. The lowest BCUT2D eigenvalue weighted by molar-refractivity contribution is -0.124. The van der Waals surface area contributed by atoms with Crippen molar-refractivity contribution in [2.45, 2.75) is 32.3 Å². The van der Waals surface area contributed by atoms with E-state index in [0.29, 0.717) is 12.3 Å². The van der Waals surface area contributed by atoms with Gasteiger partial charge in [-0.2, -0.15) is 0 Å². The molecule has 0 aromatic rings. The zero-order valence-electron chi connectivity index (χ0n) is 10.1. The van der Waals surface area contributed by atoms with Gasteiger partial charge in [-0.25, -0.2) is 0 Å². The van der Waals surface area contributed by atoms with E-state index in [-0.39, 0.29) is 28.6 Å². The maximum Gasteiger partial charge on any atom is 0.138 e. The Morgan fingerprint density at radius 1 is 1.56 bits per heavy atom. The number of Topliss-reactive ketones (excluding diaryl/α,β-unsaturated/α-hetero) is 1. The molecule has 0 amide bonds. The first-order valence-electron chi connectivity index (χ1n) is 5.78. The maximum atomic E-state index is 12.1. The summed E-state index contributed by atoms with van der Waals surface area (Å²) in [6.07, 6.45) is 5.77. The Hall–Kier alpha value is -0.340. The minimum Gasteiger partial charge on any atom is -0.378 e. The monoisotopic (exact) mass is 242 g/mol. The fraction of sp³-hybridized carbons (Fsp3) is 0.769. The minimum atomic E-state index is -0.222. The van der Waals surface area contributed by atoms with Gasteiger partial charge in [-0.15, -0.1) is 11.6 Å². The minimum absolute atomic E-state index is 0.0626. The van der Waals surface area contributed by atoms with Gasteiger partial charge in [0, 0.05) is 31.2 Å². The fourth-order valence-corrected chi connectivity index (χ4v) is 3.75. The molecule has 3 aliphatic rings. The second kappa shape index (κ2) is 3.85. The number of halogens is 1. The summed E-state index contributed by atoms with van der Waals surface area (Å²) >= 11 is 5.97. The number of fused-ring (bicyclic) bond motifs is 3. The highest BCUT2D eigenvalue weighted by Crippen LogP contribution is 2.51. The maximum absolute atomic E-state index is 12.1. The lowest BCUT2D eigenvalue weighted by Gasteiger charge is -2.43. The summed E-state index contributed by atoms with van der Waals surface area (Å²) in [6, 6.07) is 0. The van der Waals surface area contributed by atoms with Crippen LogP contribution in [0.3, 0.4) is 0 Å². The molecule has 1 fully saturated rings. The van der Waals surface area contributed by atoms with Crippen LogP contribution in [0.1, 0.15) is 26.7 Å². The molecule has 0 aliphatic heterocycles. The average molecular weight is 243 g/mol. The van der Waals surface area contributed by atoms with Crippen LogP contribution in [-0.4, -0.2) is 24.4 Å². The number of rotatable bonds is 2. The summed E-state index contributed by atoms with van der Waals surface area (Å²) in [5, 5.41) is 0. The van der Waals surface area contributed by atoms with E-state index in [0.717, 1.165) is 6.42 Å². The van der Waals surface area contributed by atoms with Crippen LogP contribution in [0.4, 0.5) is 0 Å². The van der Waals surface area contributed by atoms with Gasteiger partial charge in [-0.05, 0) is 18.8 Å². The molecule has 90 valence electrons. The van der Waals surface area contributed by atoms with Gasteiger partial charge in [0.15, 0.2) is 0 Å². The quantitative estimate of drug-likeness (QED) is 0.550. The topological polar surface area (TPSA) is 26.3 Å². The van der Waals surface area contributed by atoms with Gasteiger partial charge in [0.25, 0.3) is 0 Å². The lowest BCUT2D eigenvalue weighted by Crippen LogP contribution is -2.43. The van der Waals surface area contributed by atoms with Crippen molar-refractivity contribution in [2.75, 3.05) is 13.0 Å². The first-order chi connectivity index (χ1) is 7.45. The van der Waals surface area contributed by atoms with E-state index < -0.39 is 0 Å². The normalized spacial score (nSPS) is 47.1. The zero-order chi connectivity index (χ0) is 12.0. The molecule has 0 spiro atoms. The van der Waals surface area contributed by atoms with Crippen molar-refractivity contribution < 1.29 is 9.53 Å². The Morgan fingerprint density at radius 3 is 2.81 bits per heavy atom. The van der Waals surface area contributed by atoms with Crippen LogP contribution in [0.25, 0.3) is 0 Å². The molecule has 16 heavy (non-hydrogen) atoms. The molecular weight excluding hydrogens is 224 g/mol. The summed E-state index contributed by atoms with van der Waals surface area (Å²) in [5.41, 5.74) is -0.365. The molecule has 1 saturated carbocycles. The third kappa shape index (κ3) is 1.63. The van der Waals surface area contributed by atoms with Gasteiger partial charge in [0.2, 0.25) is 0 Å². The number of alkyl halides is 1. The Balaban J connectivity index is 2.44. The van der Waals surface area contributed by atoms with Crippen LogP contribution in [0.15, 0.2) is 12.2 Å². The SMILES string of the molecule is CO[C@@]1(C)C[C@@]2(C)C=C[C@@H]1CC(=O)[C@H]2CCl. The van der Waals surface area contributed by atoms with Crippen LogP contribution < -0.4 is 0 Å². The molecule has 0 saturated heterocycles. The summed E-state index contributed by atoms with van der Waals surface area (Å²) in [5.74, 6) is 0.832. The van der Waals surface area contributed by atoms with Gasteiger partial charge >= 0.3 is 0 Å². The van der Waals surface area contributed by atoms with E-state index in [2.05, 4.69) is 26.0 Å². The Morgan fingerprint density at radius 2 is 2.25 bits per heavy atom. The van der Waals surface area contributed by atoms with Gasteiger partial charge in [0.1, 0.15) is 5.78 Å². The average Bonchev–Trinajstić information content (AvgIpc) is 2.39. The van der Waals surface area contributed by atoms with Crippen molar-refractivity contribution in [3.05, 3.63) is 12.2 Å². The first-order valence-corrected chi connectivity index (χ1v) is 6.32. The van der Waals surface area contributed by atoms with Gasteiger partial charge in [0.05, 0.1) is 5.60 Å². The number of carbonyl (C=O) groups is 1. The predicted molar refractivity (Wildman–Crippen MR) is 64.6 cm³/mol. The van der Waals surface area contributed by atoms with E-state index in [4.69, 9.17) is 16.3 Å². The molecule has 0 heterocycles. The summed E-state index contributed by atoms with van der Waals surface area (Å²) in [4.78, 5) is 12.1. The molecule has 0 aromatic heterocycles. The van der Waals surface area contributed by atoms with Crippen molar-refractivity contribution in [2.24, 2.45) is 17.3 Å². The van der Waals surface area contributed by atoms with E-state index in [1.807, 2.05) is 0 Å². The number of ketones is 1. The van der Waals surface area contributed by atoms with Crippen molar-refractivity contribution in [3.8, 4) is 0 Å². The van der Waals surface area contributed by atoms with Crippen LogP contribution >= 0.6 is 11.6 Å². The molecule has 4 atom stereocenters. The highest BCUT2D eigenvalue weighted by Gasteiger charge is 2.51. The van der Waals surface area contributed by atoms with Crippen molar-refractivity contribution in [1.29, 1.82) is 0 Å². The number of methoxy groups -OCH3 is 1. The lowest BCUT2D eigenvalue weighted by atomic mass is 9.67. The molecular formula is C13H19ClO2. The van der Waals surface area contributed by atoms with E-state index >= 15 is 0 Å². The number of hydrogen-bond acceptors (Lipinski definition) is 2. The van der Waals surface area contributed by atoms with Crippen LogP contribution in [0, 0.1) is 17.3 Å². The van der Waals surface area contributed by atoms with E-state index in [1.165, 1.54) is 0 Å². The molecule has 0 radical (unpaired) electrons. The fourth-order valence-electron chi connectivity index (χ4n) is 3.22. The summed E-state index contributed by atoms with van der Waals surface area (Å²) in [6.45, 7) is 4.22. The second-order valence-corrected chi connectivity index (χ2v) is 5.85. The molecule has 3 rings (SSSR count). The molecule has 2 nitrogen and oxygen atoms in total. The Kier molecular flexibility index (Phi) is 2.92. The number of hydrogen-bond donors (Lipinski definition) is 0. The van der Waals surface area contributed by atoms with Crippen molar-refractivity contribution >= 4 is 17.4 Å². The van der Waals surface area contributed by atoms with Crippen molar-refractivity contribution in [1.82, 2.24) is 0 Å². The zero-order valence-corrected chi connectivity index (χ0v) is 10.9. The molecule has 0 N–H and O–H groups in total. The van der Waals surface area contributed by atoms with Gasteiger partial charge in [-0.1, -0.05) is 19.1 Å². The largest absolute Gasteiger partial charge is 0.378 e. The molecule has 2 bridgehead atoms. The third-order valence-electron chi connectivity index (χ3n) is 4.45. The number of carbonyl (C=O) groups excluding carboxylic acids is 1. The van der Waals surface area contributed by atoms with Crippen molar-refractivity contribution in [3.63, 3.8) is 0 Å². The molecule has 3 heteroatoms. The van der Waals surface area contributed by atoms with Crippen LogP contribution in [0.2, 0.25) is 0 Å². The molecule has 0 unspecified atom stereocenters. The smallest absolute Gasteiger partial charge is 0.138 e. The number of allylic oxidation sites excluding steroid dienone is 1. The van der Waals surface area contributed by atoms with Gasteiger partial charge < -0.3 is 4.74 Å². The van der Waals surface area contributed by atoms with E-state index in [1.54, 1.807) is 7.11 Å². The summed E-state index contributed by atoms with van der Waals surface area (Å²) in [7, 11) is 1.73. The summed E-state index contributed by atoms with van der Waals surface area (Å²) < 4.78 is 5.65. The highest BCUT2D eigenvalue weighted by atomic mass is 35.5. The molecule has 0 aromatic carbocycles. The molecule has 3 aliphatic carbocycles.